The van der Waals surface area contributed by atoms with Crippen LogP contribution < -0.4 is 5.73 Å². The normalized spacial score (nSPS) is 10.8. The van der Waals surface area contributed by atoms with Crippen molar-refractivity contribution in [3.05, 3.63) is 35.7 Å². The van der Waals surface area contributed by atoms with Gasteiger partial charge in [-0.15, -0.1) is 10.2 Å². The zero-order valence-electron chi connectivity index (χ0n) is 10.4. The van der Waals surface area contributed by atoms with Crippen molar-refractivity contribution >= 4 is 11.8 Å². The van der Waals surface area contributed by atoms with Crippen LogP contribution in [0, 0.1) is 6.92 Å². The standard InChI is InChI=1S/C13H17N3OS/c1-10-3-5-11(6-4-10)13-16-15-12(17-13)9-18-8-2-7-14/h3-6H,2,7-9,14H2,1H3. The molecular weight excluding hydrogens is 246 g/mol. The molecule has 2 aromatic rings. The van der Waals surface area contributed by atoms with E-state index in [1.54, 1.807) is 11.8 Å². The summed E-state index contributed by atoms with van der Waals surface area (Å²) in [6, 6.07) is 8.06. The number of nitrogens with two attached hydrogens (primary N) is 1. The first kappa shape index (κ1) is 13.1. The van der Waals surface area contributed by atoms with Gasteiger partial charge in [-0.3, -0.25) is 0 Å². The predicted octanol–water partition coefficient (Wildman–Crippen LogP) is 2.63. The van der Waals surface area contributed by atoms with Crippen molar-refractivity contribution in [2.45, 2.75) is 19.1 Å². The lowest BCUT2D eigenvalue weighted by atomic mass is 10.1. The van der Waals surface area contributed by atoms with E-state index in [1.807, 2.05) is 24.3 Å². The Morgan fingerprint density at radius 1 is 1.22 bits per heavy atom. The van der Waals surface area contributed by atoms with Gasteiger partial charge < -0.3 is 10.2 Å². The number of thioether (sulfide) groups is 1. The maximum atomic E-state index is 5.62. The molecule has 0 aliphatic heterocycles. The van der Waals surface area contributed by atoms with Crippen molar-refractivity contribution in [2.24, 2.45) is 5.73 Å². The summed E-state index contributed by atoms with van der Waals surface area (Å²) < 4.78 is 5.62. The number of nitrogens with zero attached hydrogens (tertiary/aromatic N) is 2. The van der Waals surface area contributed by atoms with Crippen LogP contribution >= 0.6 is 11.8 Å². The lowest BCUT2D eigenvalue weighted by Gasteiger charge is -1.96. The Bertz CT molecular complexity index is 481. The zero-order chi connectivity index (χ0) is 12.8. The van der Waals surface area contributed by atoms with E-state index in [0.29, 0.717) is 11.8 Å². The molecule has 0 spiro atoms. The Morgan fingerprint density at radius 2 is 2.00 bits per heavy atom. The molecule has 0 unspecified atom stereocenters. The van der Waals surface area contributed by atoms with Gasteiger partial charge in [0.25, 0.3) is 0 Å². The van der Waals surface area contributed by atoms with Crippen molar-refractivity contribution in [2.75, 3.05) is 12.3 Å². The highest BCUT2D eigenvalue weighted by Gasteiger charge is 2.07. The van der Waals surface area contributed by atoms with Gasteiger partial charge in [-0.25, -0.2) is 0 Å². The highest BCUT2D eigenvalue weighted by atomic mass is 32.2. The SMILES string of the molecule is Cc1ccc(-c2nnc(CSCCCN)o2)cc1. The van der Waals surface area contributed by atoms with Crippen molar-refractivity contribution in [1.82, 2.24) is 10.2 Å². The van der Waals surface area contributed by atoms with Crippen LogP contribution in [0.25, 0.3) is 11.5 Å². The number of hydrogen-bond acceptors (Lipinski definition) is 5. The summed E-state index contributed by atoms with van der Waals surface area (Å²) in [6.07, 6.45) is 1.02. The molecule has 4 nitrogen and oxygen atoms in total. The molecule has 5 heteroatoms. The summed E-state index contributed by atoms with van der Waals surface area (Å²) in [7, 11) is 0. The number of aromatic nitrogens is 2. The van der Waals surface area contributed by atoms with Crippen LogP contribution in [0.1, 0.15) is 17.9 Å². The van der Waals surface area contributed by atoms with Gasteiger partial charge in [0.15, 0.2) is 0 Å². The van der Waals surface area contributed by atoms with E-state index in [-0.39, 0.29) is 0 Å². The van der Waals surface area contributed by atoms with E-state index in [2.05, 4.69) is 17.1 Å². The number of aryl methyl sites for hydroxylation is 1. The van der Waals surface area contributed by atoms with E-state index >= 15 is 0 Å². The van der Waals surface area contributed by atoms with Crippen LogP contribution in [0.15, 0.2) is 28.7 Å². The summed E-state index contributed by atoms with van der Waals surface area (Å²) in [5, 5.41) is 8.10. The van der Waals surface area contributed by atoms with Crippen LogP contribution in [0.3, 0.4) is 0 Å². The fourth-order valence-corrected chi connectivity index (χ4v) is 2.28. The molecule has 1 aromatic heterocycles. The molecule has 0 radical (unpaired) electrons. The van der Waals surface area contributed by atoms with Crippen LogP contribution in [-0.2, 0) is 5.75 Å². The average molecular weight is 263 g/mol. The minimum absolute atomic E-state index is 0.587. The van der Waals surface area contributed by atoms with Gasteiger partial charge >= 0.3 is 0 Å². The van der Waals surface area contributed by atoms with Crippen LogP contribution in [0.4, 0.5) is 0 Å². The average Bonchev–Trinajstić information content (AvgIpc) is 2.84. The van der Waals surface area contributed by atoms with Crippen molar-refractivity contribution < 1.29 is 4.42 Å². The Balaban J connectivity index is 1.95. The molecule has 2 rings (SSSR count). The van der Waals surface area contributed by atoms with Crippen molar-refractivity contribution in [3.8, 4) is 11.5 Å². The molecule has 0 atom stereocenters. The van der Waals surface area contributed by atoms with Crippen LogP contribution in [0.2, 0.25) is 0 Å². The van der Waals surface area contributed by atoms with E-state index < -0.39 is 0 Å². The Labute approximate surface area is 111 Å². The fourth-order valence-electron chi connectivity index (χ4n) is 1.47. The summed E-state index contributed by atoms with van der Waals surface area (Å²) in [6.45, 7) is 2.78. The van der Waals surface area contributed by atoms with E-state index in [4.69, 9.17) is 10.2 Å². The highest BCUT2D eigenvalue weighted by molar-refractivity contribution is 7.98. The van der Waals surface area contributed by atoms with Gasteiger partial charge in [-0.1, -0.05) is 17.7 Å². The lowest BCUT2D eigenvalue weighted by Crippen LogP contribution is -1.99. The molecule has 0 bridgehead atoms. The maximum Gasteiger partial charge on any atom is 0.247 e. The van der Waals surface area contributed by atoms with Gasteiger partial charge in [0.2, 0.25) is 11.8 Å². The maximum absolute atomic E-state index is 5.62. The zero-order valence-corrected chi connectivity index (χ0v) is 11.2. The molecule has 1 heterocycles. The predicted molar refractivity (Wildman–Crippen MR) is 74.3 cm³/mol. The third-order valence-electron chi connectivity index (χ3n) is 2.48. The van der Waals surface area contributed by atoms with E-state index in [9.17, 15) is 0 Å². The lowest BCUT2D eigenvalue weighted by molar-refractivity contribution is 0.528. The Kier molecular flexibility index (Phi) is 4.78. The molecule has 2 N–H and O–H groups in total. The Hall–Kier alpha value is -1.33. The highest BCUT2D eigenvalue weighted by Crippen LogP contribution is 2.20. The molecule has 0 amide bonds. The largest absolute Gasteiger partial charge is 0.420 e. The molecular formula is C13H17N3OS. The minimum Gasteiger partial charge on any atom is -0.420 e. The second-order valence-corrected chi connectivity index (χ2v) is 5.17. The second kappa shape index (κ2) is 6.56. The number of benzene rings is 1. The molecule has 0 aliphatic carbocycles. The van der Waals surface area contributed by atoms with Crippen molar-refractivity contribution in [3.63, 3.8) is 0 Å². The van der Waals surface area contributed by atoms with Gasteiger partial charge in [-0.2, -0.15) is 11.8 Å². The number of hydrogen-bond donors (Lipinski definition) is 1. The third kappa shape index (κ3) is 3.58. The van der Waals surface area contributed by atoms with Gasteiger partial charge in [0.05, 0.1) is 5.75 Å². The molecule has 0 fully saturated rings. The molecule has 0 saturated heterocycles. The molecule has 18 heavy (non-hydrogen) atoms. The van der Waals surface area contributed by atoms with Gasteiger partial charge in [0, 0.05) is 5.56 Å². The van der Waals surface area contributed by atoms with E-state index in [1.165, 1.54) is 5.56 Å². The third-order valence-corrected chi connectivity index (χ3v) is 3.51. The fraction of sp³-hybridized carbons (Fsp3) is 0.385. The minimum atomic E-state index is 0.587. The topological polar surface area (TPSA) is 64.9 Å². The molecule has 0 saturated carbocycles. The van der Waals surface area contributed by atoms with Crippen LogP contribution in [-0.4, -0.2) is 22.5 Å². The molecule has 96 valence electrons. The summed E-state index contributed by atoms with van der Waals surface area (Å²) in [5.74, 6) is 3.04. The van der Waals surface area contributed by atoms with E-state index in [0.717, 1.165) is 30.0 Å². The monoisotopic (exact) mass is 263 g/mol. The first-order chi connectivity index (χ1) is 8.79. The first-order valence-electron chi connectivity index (χ1n) is 5.97. The van der Waals surface area contributed by atoms with Crippen molar-refractivity contribution in [1.29, 1.82) is 0 Å². The van der Waals surface area contributed by atoms with Gasteiger partial charge in [-0.05, 0) is 37.8 Å². The molecule has 0 aliphatic rings. The summed E-state index contributed by atoms with van der Waals surface area (Å²) in [4.78, 5) is 0. The number of rotatable bonds is 6. The first-order valence-corrected chi connectivity index (χ1v) is 7.12. The summed E-state index contributed by atoms with van der Waals surface area (Å²) >= 11 is 1.77. The van der Waals surface area contributed by atoms with Crippen LogP contribution in [0.5, 0.6) is 0 Å². The second-order valence-electron chi connectivity index (χ2n) is 4.06. The van der Waals surface area contributed by atoms with Gasteiger partial charge in [0.1, 0.15) is 0 Å². The quantitative estimate of drug-likeness (QED) is 0.812. The Morgan fingerprint density at radius 3 is 2.72 bits per heavy atom. The summed E-state index contributed by atoms with van der Waals surface area (Å²) in [5.41, 5.74) is 7.62. The smallest absolute Gasteiger partial charge is 0.247 e. The molecule has 1 aromatic carbocycles.